The quantitative estimate of drug-likeness (QED) is 0.0237. The predicted octanol–water partition coefficient (Wildman–Crippen LogP) is 3.25. The Morgan fingerprint density at radius 3 is 1.23 bits per heavy atom. The number of rotatable bonds is 26. The van der Waals surface area contributed by atoms with Crippen LogP contribution in [0.1, 0.15) is 102 Å². The van der Waals surface area contributed by atoms with Gasteiger partial charge in [-0.15, -0.1) is 0 Å². The van der Waals surface area contributed by atoms with Gasteiger partial charge in [-0.05, 0) is 144 Å². The van der Waals surface area contributed by atoms with Crippen LogP contribution in [-0.2, 0) is 82.7 Å². The number of hydrogen-bond donors (Lipinski definition) is 12. The minimum Gasteiger partial charge on any atom is -0.508 e. The number of carboxylic acid groups (broad SMARTS) is 2. The Morgan fingerprint density at radius 1 is 0.548 bits per heavy atom. The molecule has 0 spiro atoms. The van der Waals surface area contributed by atoms with Crippen LogP contribution in [-0.4, -0.2) is 231 Å². The molecule has 0 aliphatic rings. The molecule has 0 saturated carbocycles. The Kier molecular flexibility index (Phi) is 77.2. The Labute approximate surface area is 679 Å². The van der Waals surface area contributed by atoms with Crippen LogP contribution in [0.3, 0.4) is 0 Å². The van der Waals surface area contributed by atoms with Crippen LogP contribution in [0.15, 0.2) is 61.7 Å². The van der Waals surface area contributed by atoms with E-state index in [4.69, 9.17) is 54.3 Å². The molecule has 0 fully saturated rings. The number of nitrogens with two attached hydrogens (primary N) is 3. The number of phenolic OH excluding ortho intramolecular Hbond substituents is 1. The third kappa shape index (κ3) is 68.3. The number of urea groups is 3. The van der Waals surface area contributed by atoms with E-state index >= 15 is 0 Å². The summed E-state index contributed by atoms with van der Waals surface area (Å²) in [5, 5.41) is 39.3. The van der Waals surface area contributed by atoms with Crippen molar-refractivity contribution in [1.29, 1.82) is 0 Å². The number of aromatic nitrogens is 4. The molecular weight excluding hydrogens is 1690 g/mol. The van der Waals surface area contributed by atoms with E-state index in [0.29, 0.717) is 26.2 Å². The molecular formula is C60H98Cl2N14O26Pr2-2. The fraction of sp³-hybridized carbons (Fsp3) is 0.517. The van der Waals surface area contributed by atoms with E-state index in [9.17, 15) is 62.3 Å². The van der Waals surface area contributed by atoms with Gasteiger partial charge in [-0.1, -0.05) is 19.1 Å². The average molecular weight is 1780 g/mol. The molecule has 15 N–H and O–H groups in total. The molecule has 2 heterocycles. The number of aromatic hydroxyl groups is 1. The molecule has 1 aromatic carbocycles. The number of carbonyl (C=O) groups is 15. The van der Waals surface area contributed by atoms with Gasteiger partial charge >= 0.3 is 70.8 Å². The maximum absolute atomic E-state index is 11.8. The van der Waals surface area contributed by atoms with Crippen molar-refractivity contribution in [2.45, 2.75) is 139 Å². The van der Waals surface area contributed by atoms with E-state index in [0.717, 1.165) is 29.6 Å². The number of likely N-dealkylation sites (N-methyl/N-ethyl adjacent to an activating group) is 2. The monoisotopic (exact) mass is 1780 g/mol. The van der Waals surface area contributed by atoms with E-state index in [1.165, 1.54) is 67.8 Å². The molecule has 44 heteroatoms. The number of hydrogen-bond acceptors (Lipinski definition) is 28. The minimum atomic E-state index is -1.23. The summed E-state index contributed by atoms with van der Waals surface area (Å²) < 4.78 is 38.9. The standard InChI is InChI=1S/C12H22N2O5.C12H17NO3.C9H13N3O3.C9H14N2O5.C6H11NO4.C6H13NO2.C4H4N2O2.CCl2O.CH4N2O.2Pr/c1-6-18-10(15)8(3)13-12(17)14(5)9(4)11(16)19-7-2;1-2-7-16-12(15)11(13)8-9-3-5-10(14)6-4-9;1-3-15-8(13)7(2)11-9(14)12-5-4-10-6-12;1-3-15-7(12)5-10-9(14)11-6-8(13)16-4-2;1-3-11-5(8)4(2)7-6(9)10;1-4-9-6(8)5(2)7-3;7-4(8)6-2-1-5-3-6;2*2-1(3)4;;/h8-9H,6-7H2,1-5H3,(H,13,17);3-6,11,14H,2,7-8,13H2,1H3;4-7H,3H2,1-2H3,(H,11,14);5-6H,3-4H2,1-2H3,(H2,10,11,14);4,7H,3H2,1-2H3,(H,9,10);5,7H,4H2,1-3H3;1-3H,(H,7,8);;(H4,2,3,4);;/q;;;-2;;;;;;;. The van der Waals surface area contributed by atoms with Crippen LogP contribution < -0.4 is 49.1 Å². The van der Waals surface area contributed by atoms with E-state index in [-0.39, 0.29) is 139 Å². The SMILES string of the molecule is CCCOC(=O)C(N)Cc1ccc(O)cc1.CCOC(=O)C(C)NC.CCOC(=O)C(C)NC(=O)N(C)C(C)C(=O)OCC.CCOC(=O)C(C)NC(=O)O.CCOC(=O)C(C)NC(=O)n1ccnc1.CCOC(=O)[CH-]NC(=O)N[CH-]C(=O)OCC.NC(N)=O.O=C(Cl)Cl.O=C(O)n1ccnc1.[Pr].[Pr]. The molecule has 3 rings (SSSR count). The summed E-state index contributed by atoms with van der Waals surface area (Å²) in [7, 11) is 3.18. The first-order valence-corrected chi connectivity index (χ1v) is 31.2. The molecule has 0 saturated heterocycles. The van der Waals surface area contributed by atoms with Crippen molar-refractivity contribution in [3.63, 3.8) is 0 Å². The fourth-order valence-electron chi connectivity index (χ4n) is 5.38. The summed E-state index contributed by atoms with van der Waals surface area (Å²) in [6.45, 7) is 25.6. The molecule has 6 atom stereocenters. The van der Waals surface area contributed by atoms with Crippen molar-refractivity contribution in [1.82, 2.24) is 55.9 Å². The number of amides is 8. The summed E-state index contributed by atoms with van der Waals surface area (Å²) in [4.78, 5) is 169. The molecule has 2 aromatic heterocycles. The largest absolute Gasteiger partial charge is 0.508 e. The number of nitrogens with one attached hydrogen (secondary N) is 6. The van der Waals surface area contributed by atoms with Crippen molar-refractivity contribution in [2.75, 3.05) is 67.0 Å². The van der Waals surface area contributed by atoms with Crippen LogP contribution in [0.5, 0.6) is 5.75 Å². The number of halogens is 2. The first kappa shape index (κ1) is 112. The van der Waals surface area contributed by atoms with E-state index < -0.39 is 107 Å². The summed E-state index contributed by atoms with van der Waals surface area (Å²) >= 11 is 8.80. The van der Waals surface area contributed by atoms with Gasteiger partial charge in [0.1, 0.15) is 54.7 Å². The number of benzene rings is 1. The molecule has 586 valence electrons. The average Bonchev–Trinajstić information content (AvgIpc) is 1.00. The Balaban J connectivity index is -0.000000171. The van der Waals surface area contributed by atoms with Gasteiger partial charge in [0.15, 0.2) is 11.9 Å². The molecule has 6 unspecified atom stereocenters. The predicted molar refractivity (Wildman–Crippen MR) is 364 cm³/mol. The molecule has 104 heavy (non-hydrogen) atoms. The normalized spacial score (nSPS) is 10.8. The smallest absolute Gasteiger partial charge is 0.416 e. The van der Waals surface area contributed by atoms with Gasteiger partial charge in [-0.2, -0.15) is 13.1 Å². The molecule has 8 amide bonds. The van der Waals surface area contributed by atoms with Crippen molar-refractivity contribution in [2.24, 2.45) is 17.2 Å². The summed E-state index contributed by atoms with van der Waals surface area (Å²) in [5.74, 6) is -3.75. The second kappa shape index (κ2) is 71.8. The van der Waals surface area contributed by atoms with Crippen molar-refractivity contribution in [3.8, 4) is 5.75 Å². The van der Waals surface area contributed by atoms with Crippen LogP contribution >= 0.6 is 23.2 Å². The minimum absolute atomic E-state index is 0. The second-order valence-corrected chi connectivity index (χ2v) is 19.4. The van der Waals surface area contributed by atoms with Gasteiger partial charge in [-0.3, -0.25) is 33.3 Å². The van der Waals surface area contributed by atoms with Gasteiger partial charge in [0.2, 0.25) is 0 Å². The molecule has 40 nitrogen and oxygen atoms in total. The topological polar surface area (TPSA) is 580 Å². The molecule has 0 bridgehead atoms. The maximum atomic E-state index is 11.8. The van der Waals surface area contributed by atoms with Gasteiger partial charge in [0.25, 0.3) is 6.03 Å². The number of imidazole rings is 2. The number of phenols is 1. The Bertz CT molecular complexity index is 2870. The van der Waals surface area contributed by atoms with Crippen molar-refractivity contribution in [3.05, 3.63) is 80.4 Å². The van der Waals surface area contributed by atoms with Gasteiger partial charge < -0.3 is 107 Å². The Hall–Kier alpha value is -8.14. The van der Waals surface area contributed by atoms with Crippen molar-refractivity contribution >= 4 is 112 Å². The maximum Gasteiger partial charge on any atom is 0.416 e. The molecule has 0 aliphatic heterocycles. The first-order chi connectivity index (χ1) is 47.8. The number of carbonyl (C=O) groups excluding carboxylic acids is 13. The summed E-state index contributed by atoms with van der Waals surface area (Å²) in [6, 6.07) is 0.297. The van der Waals surface area contributed by atoms with Gasteiger partial charge in [0.05, 0.1) is 52.9 Å². The van der Waals surface area contributed by atoms with Crippen LogP contribution in [0.25, 0.3) is 0 Å². The van der Waals surface area contributed by atoms with Gasteiger partial charge in [0, 0.05) is 114 Å². The van der Waals surface area contributed by atoms with Crippen LogP contribution in [0.2, 0.25) is 0 Å². The molecule has 0 aliphatic carbocycles. The zero-order valence-corrected chi connectivity index (χ0v) is 69.5. The zero-order chi connectivity index (χ0) is 79.9. The third-order valence-electron chi connectivity index (χ3n) is 10.4. The fourth-order valence-corrected chi connectivity index (χ4v) is 5.38. The van der Waals surface area contributed by atoms with Crippen LogP contribution in [0.4, 0.5) is 33.6 Å². The number of ether oxygens (including phenoxy) is 8. The number of primary amides is 2. The Morgan fingerprint density at radius 2 is 0.904 bits per heavy atom. The number of nitrogens with zero attached hydrogens (tertiary/aromatic N) is 5. The van der Waals surface area contributed by atoms with E-state index in [1.807, 2.05) is 12.2 Å². The van der Waals surface area contributed by atoms with Gasteiger partial charge in [-0.25, -0.2) is 57.7 Å². The number of esters is 8. The van der Waals surface area contributed by atoms with E-state index in [2.05, 4.69) is 85.4 Å². The summed E-state index contributed by atoms with van der Waals surface area (Å²) in [6.07, 6.45) is 7.29. The van der Waals surface area contributed by atoms with Crippen LogP contribution in [0, 0.1) is 95.7 Å². The first-order valence-electron chi connectivity index (χ1n) is 30.5. The van der Waals surface area contributed by atoms with Crippen molar-refractivity contribution < 1.29 is 208 Å². The second-order valence-electron chi connectivity index (χ2n) is 18.5. The third-order valence-corrected chi connectivity index (χ3v) is 10.4. The molecule has 3 aromatic rings. The summed E-state index contributed by atoms with van der Waals surface area (Å²) in [5.41, 5.74) is 15.1. The zero-order valence-electron chi connectivity index (χ0n) is 60.6. The molecule has 2 radical (unpaired) electrons. The van der Waals surface area contributed by atoms with E-state index in [1.54, 1.807) is 101 Å².